The van der Waals surface area contributed by atoms with Crippen LogP contribution in [0.5, 0.6) is 0 Å². The predicted octanol–water partition coefficient (Wildman–Crippen LogP) is 4.95. The van der Waals surface area contributed by atoms with E-state index in [0.717, 1.165) is 28.1 Å². The monoisotopic (exact) mass is 361 g/mol. The molecule has 0 atom stereocenters. The summed E-state index contributed by atoms with van der Waals surface area (Å²) in [5.41, 5.74) is 5.78. The van der Waals surface area contributed by atoms with Crippen LogP contribution in [0.3, 0.4) is 0 Å². The van der Waals surface area contributed by atoms with Crippen molar-refractivity contribution in [2.45, 2.75) is 27.4 Å². The highest BCUT2D eigenvalue weighted by molar-refractivity contribution is 5.82. The summed E-state index contributed by atoms with van der Waals surface area (Å²) in [5, 5.41) is 3.22. The van der Waals surface area contributed by atoms with E-state index >= 15 is 0 Å². The number of benzene rings is 2. The third kappa shape index (κ3) is 3.26. The van der Waals surface area contributed by atoms with E-state index in [1.54, 1.807) is 24.5 Å². The molecule has 0 amide bonds. The lowest BCUT2D eigenvalue weighted by Crippen LogP contribution is -2.03. The Balaban J connectivity index is 1.74. The summed E-state index contributed by atoms with van der Waals surface area (Å²) in [6, 6.07) is 11.4. The molecule has 0 spiro atoms. The summed E-state index contributed by atoms with van der Waals surface area (Å²) in [7, 11) is 0. The second-order valence-electron chi connectivity index (χ2n) is 6.66. The van der Waals surface area contributed by atoms with Gasteiger partial charge in [-0.15, -0.1) is 0 Å². The lowest BCUT2D eigenvalue weighted by atomic mass is 10.1. The fraction of sp³-hybridized carbons (Fsp3) is 0.190. The van der Waals surface area contributed by atoms with Crippen molar-refractivity contribution >= 4 is 22.5 Å². The van der Waals surface area contributed by atoms with E-state index in [1.807, 2.05) is 23.6 Å². The van der Waals surface area contributed by atoms with Crippen molar-refractivity contribution in [1.29, 1.82) is 0 Å². The van der Waals surface area contributed by atoms with Gasteiger partial charge in [-0.25, -0.2) is 14.4 Å². The Bertz CT molecular complexity index is 1120. The molecule has 27 heavy (non-hydrogen) atoms. The van der Waals surface area contributed by atoms with Crippen molar-refractivity contribution in [2.75, 3.05) is 5.32 Å². The number of anilines is 2. The third-order valence-corrected chi connectivity index (χ3v) is 4.49. The second-order valence-corrected chi connectivity index (χ2v) is 6.66. The van der Waals surface area contributed by atoms with E-state index in [2.05, 4.69) is 36.3 Å². The highest BCUT2D eigenvalue weighted by Gasteiger charge is 2.13. The summed E-state index contributed by atoms with van der Waals surface area (Å²) in [4.78, 5) is 13.7. The van der Waals surface area contributed by atoms with E-state index in [1.165, 1.54) is 5.56 Å². The maximum Gasteiger partial charge on any atom is 0.159 e. The third-order valence-electron chi connectivity index (χ3n) is 4.49. The summed E-state index contributed by atoms with van der Waals surface area (Å²) in [5.74, 6) is 2.17. The van der Waals surface area contributed by atoms with Gasteiger partial charge in [0.1, 0.15) is 12.5 Å². The van der Waals surface area contributed by atoms with E-state index in [9.17, 15) is 4.39 Å². The van der Waals surface area contributed by atoms with Gasteiger partial charge in [0.15, 0.2) is 11.6 Å². The van der Waals surface area contributed by atoms with Crippen LogP contribution < -0.4 is 5.32 Å². The fourth-order valence-electron chi connectivity index (χ4n) is 3.28. The van der Waals surface area contributed by atoms with Crippen LogP contribution in [0.4, 0.5) is 15.9 Å². The zero-order chi connectivity index (χ0) is 19.0. The van der Waals surface area contributed by atoms with Gasteiger partial charge in [0.05, 0.1) is 23.4 Å². The molecule has 0 saturated carbocycles. The maximum atomic E-state index is 12.7. The smallest absolute Gasteiger partial charge is 0.159 e. The van der Waals surface area contributed by atoms with Crippen molar-refractivity contribution in [3.05, 3.63) is 71.3 Å². The van der Waals surface area contributed by atoms with Gasteiger partial charge in [-0.2, -0.15) is 0 Å². The number of aromatic nitrogens is 4. The van der Waals surface area contributed by atoms with Crippen LogP contribution in [-0.2, 0) is 6.67 Å². The first-order valence-electron chi connectivity index (χ1n) is 8.76. The van der Waals surface area contributed by atoms with Gasteiger partial charge in [-0.1, -0.05) is 18.2 Å². The topological polar surface area (TPSA) is 55.6 Å². The highest BCUT2D eigenvalue weighted by Crippen LogP contribution is 2.25. The van der Waals surface area contributed by atoms with Crippen LogP contribution in [-0.4, -0.2) is 19.5 Å². The number of hydrogen-bond donors (Lipinski definition) is 1. The molecule has 0 aliphatic rings. The molecule has 5 nitrogen and oxygen atoms in total. The first-order valence-corrected chi connectivity index (χ1v) is 8.76. The lowest BCUT2D eigenvalue weighted by Gasteiger charge is -2.10. The summed E-state index contributed by atoms with van der Waals surface area (Å²) in [6.45, 7) is 5.63. The molecule has 0 aliphatic heterocycles. The Labute approximate surface area is 156 Å². The first kappa shape index (κ1) is 17.1. The molecule has 0 saturated heterocycles. The minimum absolute atomic E-state index is 0.471. The maximum absolute atomic E-state index is 12.7. The van der Waals surface area contributed by atoms with Crippen LogP contribution in [0, 0.1) is 20.8 Å². The molecule has 6 heteroatoms. The largest absolute Gasteiger partial charge is 0.339 e. The van der Waals surface area contributed by atoms with E-state index in [0.29, 0.717) is 17.2 Å². The fourth-order valence-corrected chi connectivity index (χ4v) is 3.28. The average Bonchev–Trinajstić information content (AvgIpc) is 2.99. The van der Waals surface area contributed by atoms with E-state index < -0.39 is 6.67 Å². The molecule has 0 unspecified atom stereocenters. The van der Waals surface area contributed by atoms with Gasteiger partial charge >= 0.3 is 0 Å². The standard InChI is InChI=1S/C21H20FN5/c1-13-8-14(2)21-18(9-13)27(15(3)24-21)20-12-23-11-19(26-20)25-17-6-4-16(10-22)5-7-17/h4-9,11-12H,10H2,1-3H3,(H,25,26). The molecule has 4 rings (SSSR count). The summed E-state index contributed by atoms with van der Waals surface area (Å²) < 4.78 is 14.7. The van der Waals surface area contributed by atoms with Gasteiger partial charge in [-0.05, 0) is 55.7 Å². The Morgan fingerprint density at radius 3 is 2.52 bits per heavy atom. The van der Waals surface area contributed by atoms with Crippen LogP contribution in [0.25, 0.3) is 16.9 Å². The van der Waals surface area contributed by atoms with E-state index in [4.69, 9.17) is 9.97 Å². The SMILES string of the molecule is Cc1cc(C)c2nc(C)n(-c3cncc(Nc4ccc(CF)cc4)n3)c2c1. The molecule has 0 fully saturated rings. The van der Waals surface area contributed by atoms with Gasteiger partial charge < -0.3 is 5.32 Å². The van der Waals surface area contributed by atoms with Crippen molar-refractivity contribution < 1.29 is 4.39 Å². The molecule has 136 valence electrons. The van der Waals surface area contributed by atoms with Crippen LogP contribution in [0.2, 0.25) is 0 Å². The van der Waals surface area contributed by atoms with Crippen molar-refractivity contribution in [3.8, 4) is 5.82 Å². The average molecular weight is 361 g/mol. The molecule has 0 radical (unpaired) electrons. The molecule has 0 bridgehead atoms. The Hall–Kier alpha value is -3.28. The molecule has 2 aromatic heterocycles. The molecule has 2 aromatic carbocycles. The molecular weight excluding hydrogens is 341 g/mol. The number of alkyl halides is 1. The Kier molecular flexibility index (Phi) is 4.32. The Morgan fingerprint density at radius 2 is 1.78 bits per heavy atom. The summed E-state index contributed by atoms with van der Waals surface area (Å²) >= 11 is 0. The van der Waals surface area contributed by atoms with Crippen molar-refractivity contribution in [2.24, 2.45) is 0 Å². The zero-order valence-corrected chi connectivity index (χ0v) is 15.5. The predicted molar refractivity (Wildman–Crippen MR) is 105 cm³/mol. The second kappa shape index (κ2) is 6.79. The van der Waals surface area contributed by atoms with Gasteiger partial charge in [0, 0.05) is 5.69 Å². The Morgan fingerprint density at radius 1 is 1.00 bits per heavy atom. The van der Waals surface area contributed by atoms with Crippen molar-refractivity contribution in [3.63, 3.8) is 0 Å². The number of rotatable bonds is 4. The van der Waals surface area contributed by atoms with Crippen LogP contribution in [0.15, 0.2) is 48.8 Å². The molecular formula is C21H20FN5. The number of hydrogen-bond acceptors (Lipinski definition) is 4. The molecule has 4 aromatic rings. The van der Waals surface area contributed by atoms with Crippen molar-refractivity contribution in [1.82, 2.24) is 19.5 Å². The highest BCUT2D eigenvalue weighted by atomic mass is 19.1. The normalized spacial score (nSPS) is 11.1. The number of nitrogens with zero attached hydrogens (tertiary/aromatic N) is 4. The first-order chi connectivity index (χ1) is 13.0. The van der Waals surface area contributed by atoms with Crippen LogP contribution in [0.1, 0.15) is 22.5 Å². The summed E-state index contributed by atoms with van der Waals surface area (Å²) in [6.07, 6.45) is 3.39. The molecule has 2 heterocycles. The number of nitrogens with one attached hydrogen (secondary N) is 1. The van der Waals surface area contributed by atoms with Gasteiger partial charge in [0.2, 0.25) is 0 Å². The molecule has 0 aliphatic carbocycles. The quantitative estimate of drug-likeness (QED) is 0.558. The molecule has 1 N–H and O–H groups in total. The number of aryl methyl sites for hydroxylation is 3. The van der Waals surface area contributed by atoms with E-state index in [-0.39, 0.29) is 0 Å². The number of fused-ring (bicyclic) bond motifs is 1. The lowest BCUT2D eigenvalue weighted by molar-refractivity contribution is 0.485. The van der Waals surface area contributed by atoms with Crippen LogP contribution >= 0.6 is 0 Å². The number of imidazole rings is 1. The van der Waals surface area contributed by atoms with Gasteiger partial charge in [0.25, 0.3) is 0 Å². The minimum Gasteiger partial charge on any atom is -0.339 e. The number of halogens is 1. The zero-order valence-electron chi connectivity index (χ0n) is 15.5. The van der Waals surface area contributed by atoms with Gasteiger partial charge in [-0.3, -0.25) is 9.55 Å². The minimum atomic E-state index is -0.471.